The van der Waals surface area contributed by atoms with Crippen LogP contribution in [-0.4, -0.2) is 16.4 Å². The van der Waals surface area contributed by atoms with Gasteiger partial charge in [0.2, 0.25) is 5.91 Å². The summed E-state index contributed by atoms with van der Waals surface area (Å²) in [7, 11) is 0. The molecule has 0 radical (unpaired) electrons. The van der Waals surface area contributed by atoms with Crippen LogP contribution < -0.4 is 11.1 Å². The van der Waals surface area contributed by atoms with Crippen LogP contribution in [0.25, 0.3) is 10.2 Å². The van der Waals surface area contributed by atoms with E-state index < -0.39 is 5.54 Å². The van der Waals surface area contributed by atoms with E-state index in [4.69, 9.17) is 5.73 Å². The summed E-state index contributed by atoms with van der Waals surface area (Å²) in [5, 5.41) is 2.95. The Hall–Kier alpha value is -1.46. The second-order valence-electron chi connectivity index (χ2n) is 5.21. The number of nitrogens with one attached hydrogen (secondary N) is 1. The maximum absolute atomic E-state index is 12.3. The lowest BCUT2D eigenvalue weighted by Gasteiger charge is -2.31. The highest BCUT2D eigenvalue weighted by molar-refractivity contribution is 7.16. The maximum Gasteiger partial charge on any atom is 0.244 e. The van der Waals surface area contributed by atoms with Crippen molar-refractivity contribution >= 4 is 33.1 Å². The number of nitrogens with zero attached hydrogens (tertiary/aromatic N) is 1. The molecule has 0 bridgehead atoms. The molecule has 1 aliphatic carbocycles. The second-order valence-corrected chi connectivity index (χ2v) is 6.09. The zero-order chi connectivity index (χ0) is 13.3. The second kappa shape index (κ2) is 4.90. The minimum absolute atomic E-state index is 0.0592. The Kier molecular flexibility index (Phi) is 3.24. The number of benzene rings is 1. The third kappa shape index (κ3) is 2.48. The highest BCUT2D eigenvalue weighted by Gasteiger charge is 2.35. The molecule has 1 aliphatic rings. The predicted octanol–water partition coefficient (Wildman–Crippen LogP) is 2.90. The van der Waals surface area contributed by atoms with Gasteiger partial charge in [0, 0.05) is 5.69 Å². The maximum atomic E-state index is 12.3. The van der Waals surface area contributed by atoms with Gasteiger partial charge in [0.1, 0.15) is 0 Å². The lowest BCUT2D eigenvalue weighted by molar-refractivity contribution is -0.122. The molecule has 0 unspecified atom stereocenters. The van der Waals surface area contributed by atoms with Gasteiger partial charge in [-0.2, -0.15) is 0 Å². The Morgan fingerprint density at radius 2 is 2.11 bits per heavy atom. The molecule has 100 valence electrons. The molecule has 1 saturated carbocycles. The molecule has 0 atom stereocenters. The number of thiazole rings is 1. The molecule has 0 spiro atoms. The fraction of sp³-hybridized carbons (Fsp3) is 0.429. The molecule has 1 amide bonds. The van der Waals surface area contributed by atoms with E-state index >= 15 is 0 Å². The van der Waals surface area contributed by atoms with Crippen LogP contribution in [0.5, 0.6) is 0 Å². The first-order valence-corrected chi connectivity index (χ1v) is 7.49. The Labute approximate surface area is 116 Å². The molecule has 1 aromatic heterocycles. The van der Waals surface area contributed by atoms with E-state index in [-0.39, 0.29) is 5.91 Å². The van der Waals surface area contributed by atoms with Gasteiger partial charge >= 0.3 is 0 Å². The van der Waals surface area contributed by atoms with Crippen molar-refractivity contribution in [2.24, 2.45) is 5.73 Å². The summed E-state index contributed by atoms with van der Waals surface area (Å²) >= 11 is 1.57. The molecule has 1 fully saturated rings. The Morgan fingerprint density at radius 3 is 2.89 bits per heavy atom. The van der Waals surface area contributed by atoms with Gasteiger partial charge in [0.05, 0.1) is 21.3 Å². The Morgan fingerprint density at radius 1 is 1.32 bits per heavy atom. The zero-order valence-electron chi connectivity index (χ0n) is 10.7. The Bertz CT molecular complexity index is 602. The number of anilines is 1. The molecule has 1 aromatic carbocycles. The molecule has 3 rings (SSSR count). The van der Waals surface area contributed by atoms with Gasteiger partial charge < -0.3 is 11.1 Å². The number of hydrogen-bond acceptors (Lipinski definition) is 4. The van der Waals surface area contributed by atoms with Crippen molar-refractivity contribution in [1.82, 2.24) is 4.98 Å². The minimum atomic E-state index is -0.694. The molecule has 0 saturated heterocycles. The zero-order valence-corrected chi connectivity index (χ0v) is 11.5. The summed E-state index contributed by atoms with van der Waals surface area (Å²) in [5.41, 5.74) is 9.10. The van der Waals surface area contributed by atoms with Crippen molar-refractivity contribution in [3.8, 4) is 0 Å². The predicted molar refractivity (Wildman–Crippen MR) is 78.3 cm³/mol. The monoisotopic (exact) mass is 275 g/mol. The van der Waals surface area contributed by atoms with Gasteiger partial charge in [-0.25, -0.2) is 4.98 Å². The van der Waals surface area contributed by atoms with Crippen LogP contribution in [0, 0.1) is 0 Å². The van der Waals surface area contributed by atoms with Crippen molar-refractivity contribution in [3.63, 3.8) is 0 Å². The summed E-state index contributed by atoms with van der Waals surface area (Å²) < 4.78 is 1.08. The summed E-state index contributed by atoms with van der Waals surface area (Å²) in [5.74, 6) is -0.0592. The molecule has 4 nitrogen and oxygen atoms in total. The van der Waals surface area contributed by atoms with Crippen LogP contribution in [0.15, 0.2) is 23.7 Å². The minimum Gasteiger partial charge on any atom is -0.324 e. The van der Waals surface area contributed by atoms with Crippen molar-refractivity contribution in [3.05, 3.63) is 23.7 Å². The smallest absolute Gasteiger partial charge is 0.244 e. The first-order chi connectivity index (χ1) is 9.17. The van der Waals surface area contributed by atoms with Gasteiger partial charge in [-0.3, -0.25) is 4.79 Å². The molecular weight excluding hydrogens is 258 g/mol. The first-order valence-electron chi connectivity index (χ1n) is 6.61. The fourth-order valence-electron chi connectivity index (χ4n) is 2.60. The quantitative estimate of drug-likeness (QED) is 0.885. The van der Waals surface area contributed by atoms with Crippen LogP contribution in [0.3, 0.4) is 0 Å². The highest BCUT2D eigenvalue weighted by Crippen LogP contribution is 2.28. The van der Waals surface area contributed by atoms with E-state index in [1.165, 1.54) is 6.42 Å². The van der Waals surface area contributed by atoms with E-state index in [1.54, 1.807) is 11.3 Å². The summed E-state index contributed by atoms with van der Waals surface area (Å²) in [4.78, 5) is 16.5. The lowest BCUT2D eigenvalue weighted by atomic mass is 9.82. The van der Waals surface area contributed by atoms with E-state index in [0.717, 1.165) is 41.6 Å². The summed E-state index contributed by atoms with van der Waals surface area (Å²) in [6.07, 6.45) is 4.82. The molecule has 1 heterocycles. The largest absolute Gasteiger partial charge is 0.324 e. The summed E-state index contributed by atoms with van der Waals surface area (Å²) in [6, 6.07) is 5.76. The molecule has 0 aliphatic heterocycles. The van der Waals surface area contributed by atoms with Crippen LogP contribution in [0.1, 0.15) is 32.1 Å². The van der Waals surface area contributed by atoms with Gasteiger partial charge in [0.25, 0.3) is 0 Å². The number of hydrogen-bond donors (Lipinski definition) is 2. The SMILES string of the molecule is NC1(C(=O)Nc2ccc3ncsc3c2)CCCCC1. The van der Waals surface area contributed by atoms with E-state index in [0.29, 0.717) is 0 Å². The number of nitrogens with two attached hydrogens (primary N) is 1. The third-order valence-electron chi connectivity index (χ3n) is 3.79. The van der Waals surface area contributed by atoms with Gasteiger partial charge in [-0.15, -0.1) is 11.3 Å². The van der Waals surface area contributed by atoms with Crippen molar-refractivity contribution in [1.29, 1.82) is 0 Å². The average molecular weight is 275 g/mol. The number of fused-ring (bicyclic) bond motifs is 1. The van der Waals surface area contributed by atoms with Crippen molar-refractivity contribution in [2.45, 2.75) is 37.6 Å². The Balaban J connectivity index is 1.78. The fourth-order valence-corrected chi connectivity index (χ4v) is 3.31. The topological polar surface area (TPSA) is 68.0 Å². The molecular formula is C14H17N3OS. The lowest BCUT2D eigenvalue weighted by Crippen LogP contribution is -2.52. The normalized spacial score (nSPS) is 18.4. The van der Waals surface area contributed by atoms with Gasteiger partial charge in [-0.05, 0) is 31.0 Å². The molecule has 3 N–H and O–H groups in total. The molecule has 2 aromatic rings. The third-order valence-corrected chi connectivity index (χ3v) is 4.58. The van der Waals surface area contributed by atoms with Gasteiger partial charge in [0.15, 0.2) is 0 Å². The van der Waals surface area contributed by atoms with E-state index in [1.807, 2.05) is 23.7 Å². The highest BCUT2D eigenvalue weighted by atomic mass is 32.1. The van der Waals surface area contributed by atoms with Crippen LogP contribution in [-0.2, 0) is 4.79 Å². The van der Waals surface area contributed by atoms with Gasteiger partial charge in [-0.1, -0.05) is 19.3 Å². The first kappa shape index (κ1) is 12.6. The van der Waals surface area contributed by atoms with Crippen LogP contribution >= 0.6 is 11.3 Å². The number of amides is 1. The van der Waals surface area contributed by atoms with Crippen LogP contribution in [0.2, 0.25) is 0 Å². The number of carbonyl (C=O) groups is 1. The summed E-state index contributed by atoms with van der Waals surface area (Å²) in [6.45, 7) is 0. The number of rotatable bonds is 2. The standard InChI is InChI=1S/C14H17N3OS/c15-14(6-2-1-3-7-14)13(18)17-10-4-5-11-12(8-10)19-9-16-11/h4-5,8-9H,1-3,6-7,15H2,(H,17,18). The van der Waals surface area contributed by atoms with Crippen molar-refractivity contribution < 1.29 is 4.79 Å². The molecule has 5 heteroatoms. The van der Waals surface area contributed by atoms with Crippen LogP contribution in [0.4, 0.5) is 5.69 Å². The van der Waals surface area contributed by atoms with Crippen molar-refractivity contribution in [2.75, 3.05) is 5.32 Å². The van der Waals surface area contributed by atoms with E-state index in [9.17, 15) is 4.79 Å². The number of aromatic nitrogens is 1. The molecule has 19 heavy (non-hydrogen) atoms. The van der Waals surface area contributed by atoms with E-state index in [2.05, 4.69) is 10.3 Å². The average Bonchev–Trinajstić information content (AvgIpc) is 2.87. The number of carbonyl (C=O) groups excluding carboxylic acids is 1.